The Kier molecular flexibility index (Phi) is 3.42. The molecule has 2 N–H and O–H groups in total. The third kappa shape index (κ3) is 2.57. The van der Waals surface area contributed by atoms with Crippen molar-refractivity contribution >= 4 is 11.4 Å². The number of aromatic amines is 1. The molecule has 0 fully saturated rings. The molecule has 0 radical (unpaired) electrons. The van der Waals surface area contributed by atoms with E-state index < -0.39 is 4.92 Å². The van der Waals surface area contributed by atoms with Gasteiger partial charge in [0.2, 0.25) is 0 Å². The maximum absolute atomic E-state index is 10.7. The highest BCUT2D eigenvalue weighted by molar-refractivity contribution is 5.61. The third-order valence-electron chi connectivity index (χ3n) is 2.42. The van der Waals surface area contributed by atoms with Crippen LogP contribution >= 0.6 is 0 Å². The molecule has 0 saturated heterocycles. The molecule has 1 aromatic heterocycles. The van der Waals surface area contributed by atoms with Crippen molar-refractivity contribution in [3.63, 3.8) is 0 Å². The Hall–Kier alpha value is -2.57. The highest BCUT2D eigenvalue weighted by Gasteiger charge is 2.11. The SMILES string of the molecule is COc1ccc([N+](=O)[O-])cc1NCc1cnc[nH]1. The largest absolute Gasteiger partial charge is 0.495 e. The molecular weight excluding hydrogens is 236 g/mol. The average molecular weight is 248 g/mol. The lowest BCUT2D eigenvalue weighted by molar-refractivity contribution is -0.384. The number of benzene rings is 1. The van der Waals surface area contributed by atoms with E-state index in [2.05, 4.69) is 15.3 Å². The van der Waals surface area contributed by atoms with Gasteiger partial charge in [0, 0.05) is 18.3 Å². The van der Waals surface area contributed by atoms with Crippen LogP contribution in [0.25, 0.3) is 0 Å². The molecule has 0 aliphatic heterocycles. The summed E-state index contributed by atoms with van der Waals surface area (Å²) >= 11 is 0. The van der Waals surface area contributed by atoms with E-state index in [0.717, 1.165) is 5.69 Å². The summed E-state index contributed by atoms with van der Waals surface area (Å²) in [5.74, 6) is 0.556. The van der Waals surface area contributed by atoms with E-state index in [0.29, 0.717) is 18.0 Å². The van der Waals surface area contributed by atoms with Crippen molar-refractivity contribution < 1.29 is 9.66 Å². The molecule has 2 aromatic rings. The molecule has 0 spiro atoms. The van der Waals surface area contributed by atoms with Crippen molar-refractivity contribution in [2.24, 2.45) is 0 Å². The number of H-pyrrole nitrogens is 1. The van der Waals surface area contributed by atoms with Gasteiger partial charge in [-0.2, -0.15) is 0 Å². The maximum atomic E-state index is 10.7. The summed E-state index contributed by atoms with van der Waals surface area (Å²) in [6.45, 7) is 0.484. The fraction of sp³-hybridized carbons (Fsp3) is 0.182. The monoisotopic (exact) mass is 248 g/mol. The van der Waals surface area contributed by atoms with Crippen LogP contribution in [0.3, 0.4) is 0 Å². The van der Waals surface area contributed by atoms with Crippen LogP contribution in [-0.4, -0.2) is 22.0 Å². The predicted molar refractivity (Wildman–Crippen MR) is 65.6 cm³/mol. The Bertz CT molecular complexity index is 539. The number of anilines is 1. The van der Waals surface area contributed by atoms with Crippen molar-refractivity contribution in [3.8, 4) is 5.75 Å². The minimum absolute atomic E-state index is 0.0166. The molecule has 0 aliphatic rings. The van der Waals surface area contributed by atoms with Gasteiger partial charge in [-0.15, -0.1) is 0 Å². The molecule has 94 valence electrons. The second-order valence-electron chi connectivity index (χ2n) is 3.57. The number of nitro benzene ring substituents is 1. The van der Waals surface area contributed by atoms with Gasteiger partial charge >= 0.3 is 0 Å². The lowest BCUT2D eigenvalue weighted by atomic mass is 10.2. The quantitative estimate of drug-likeness (QED) is 0.623. The second kappa shape index (κ2) is 5.17. The second-order valence-corrected chi connectivity index (χ2v) is 3.57. The predicted octanol–water partition coefficient (Wildman–Crippen LogP) is 1.94. The van der Waals surface area contributed by atoms with Crippen LogP contribution in [0.4, 0.5) is 11.4 Å². The molecule has 0 aliphatic carbocycles. The molecule has 2 rings (SSSR count). The van der Waals surface area contributed by atoms with Crippen molar-refractivity contribution in [3.05, 3.63) is 46.5 Å². The average Bonchev–Trinajstić information content (AvgIpc) is 2.89. The summed E-state index contributed by atoms with van der Waals surface area (Å²) in [7, 11) is 1.52. The molecule has 0 saturated carbocycles. The summed E-state index contributed by atoms with van der Waals surface area (Å²) in [4.78, 5) is 17.1. The zero-order valence-corrected chi connectivity index (χ0v) is 9.71. The fourth-order valence-corrected chi connectivity index (χ4v) is 1.52. The number of hydrogen-bond acceptors (Lipinski definition) is 5. The Morgan fingerprint density at radius 3 is 3.00 bits per heavy atom. The molecule has 18 heavy (non-hydrogen) atoms. The van der Waals surface area contributed by atoms with Gasteiger partial charge in [0.05, 0.1) is 36.3 Å². The highest BCUT2D eigenvalue weighted by Crippen LogP contribution is 2.29. The van der Waals surface area contributed by atoms with Gasteiger partial charge in [-0.1, -0.05) is 0 Å². The van der Waals surface area contributed by atoms with Crippen molar-refractivity contribution in [1.82, 2.24) is 9.97 Å². The fourth-order valence-electron chi connectivity index (χ4n) is 1.52. The number of non-ortho nitro benzene ring substituents is 1. The zero-order valence-electron chi connectivity index (χ0n) is 9.71. The van der Waals surface area contributed by atoms with Crippen LogP contribution in [0, 0.1) is 10.1 Å². The van der Waals surface area contributed by atoms with E-state index in [9.17, 15) is 10.1 Å². The van der Waals surface area contributed by atoms with Crippen LogP contribution in [0.15, 0.2) is 30.7 Å². The van der Waals surface area contributed by atoms with Crippen molar-refractivity contribution in [1.29, 1.82) is 0 Å². The Morgan fingerprint density at radius 2 is 2.39 bits per heavy atom. The number of hydrogen-bond donors (Lipinski definition) is 2. The van der Waals surface area contributed by atoms with Crippen LogP contribution in [-0.2, 0) is 6.54 Å². The normalized spacial score (nSPS) is 10.1. The molecule has 1 aromatic carbocycles. The van der Waals surface area contributed by atoms with Gasteiger partial charge in [0.1, 0.15) is 5.75 Å². The van der Waals surface area contributed by atoms with Gasteiger partial charge in [-0.3, -0.25) is 10.1 Å². The van der Waals surface area contributed by atoms with Crippen LogP contribution in [0.5, 0.6) is 5.75 Å². The van der Waals surface area contributed by atoms with E-state index in [1.165, 1.54) is 19.2 Å². The molecule has 1 heterocycles. The number of rotatable bonds is 5. The highest BCUT2D eigenvalue weighted by atomic mass is 16.6. The molecule has 7 heteroatoms. The minimum Gasteiger partial charge on any atom is -0.495 e. The van der Waals surface area contributed by atoms with Gasteiger partial charge in [0.25, 0.3) is 5.69 Å². The summed E-state index contributed by atoms with van der Waals surface area (Å²) in [5.41, 5.74) is 1.47. The topological polar surface area (TPSA) is 93.1 Å². The molecule has 0 bridgehead atoms. The standard InChI is InChI=1S/C11H12N4O3/c1-18-11-3-2-9(15(16)17)4-10(11)13-6-8-5-12-7-14-8/h2-5,7,13H,6H2,1H3,(H,12,14). The number of ether oxygens (including phenoxy) is 1. The van der Waals surface area contributed by atoms with E-state index in [1.807, 2.05) is 0 Å². The third-order valence-corrected chi connectivity index (χ3v) is 2.42. The van der Waals surface area contributed by atoms with E-state index in [-0.39, 0.29) is 5.69 Å². The van der Waals surface area contributed by atoms with Gasteiger partial charge < -0.3 is 15.0 Å². The molecule has 0 unspecified atom stereocenters. The zero-order chi connectivity index (χ0) is 13.0. The summed E-state index contributed by atoms with van der Waals surface area (Å²) in [6, 6.07) is 4.41. The number of nitrogens with one attached hydrogen (secondary N) is 2. The summed E-state index contributed by atoms with van der Waals surface area (Å²) in [6.07, 6.45) is 3.25. The Labute approximate surface area is 103 Å². The number of aromatic nitrogens is 2. The number of imidazole rings is 1. The molecule has 0 atom stereocenters. The first-order valence-corrected chi connectivity index (χ1v) is 5.24. The number of nitrogens with zero attached hydrogens (tertiary/aromatic N) is 2. The van der Waals surface area contributed by atoms with Crippen LogP contribution in [0.2, 0.25) is 0 Å². The van der Waals surface area contributed by atoms with E-state index in [4.69, 9.17) is 4.74 Å². The van der Waals surface area contributed by atoms with Gasteiger partial charge in [-0.05, 0) is 6.07 Å². The van der Waals surface area contributed by atoms with Crippen molar-refractivity contribution in [2.75, 3.05) is 12.4 Å². The molecule has 0 amide bonds. The van der Waals surface area contributed by atoms with Gasteiger partial charge in [-0.25, -0.2) is 4.98 Å². The number of methoxy groups -OCH3 is 1. The van der Waals surface area contributed by atoms with Crippen molar-refractivity contribution in [2.45, 2.75) is 6.54 Å². The van der Waals surface area contributed by atoms with E-state index >= 15 is 0 Å². The number of nitro groups is 1. The smallest absolute Gasteiger partial charge is 0.271 e. The first-order valence-electron chi connectivity index (χ1n) is 5.24. The van der Waals surface area contributed by atoms with Gasteiger partial charge in [0.15, 0.2) is 0 Å². The first kappa shape index (κ1) is 11.9. The summed E-state index contributed by atoms with van der Waals surface area (Å²) < 4.78 is 5.14. The van der Waals surface area contributed by atoms with Crippen LogP contribution in [0.1, 0.15) is 5.69 Å². The lowest BCUT2D eigenvalue weighted by Gasteiger charge is -2.09. The summed E-state index contributed by atoms with van der Waals surface area (Å²) in [5, 5.41) is 13.8. The first-order chi connectivity index (χ1) is 8.70. The maximum Gasteiger partial charge on any atom is 0.271 e. The molecular formula is C11H12N4O3. The Balaban J connectivity index is 2.18. The van der Waals surface area contributed by atoms with E-state index in [1.54, 1.807) is 18.6 Å². The molecule has 7 nitrogen and oxygen atoms in total. The lowest BCUT2D eigenvalue weighted by Crippen LogP contribution is -2.02. The minimum atomic E-state index is -0.444. The van der Waals surface area contributed by atoms with Crippen LogP contribution < -0.4 is 10.1 Å². The Morgan fingerprint density at radius 1 is 1.56 bits per heavy atom.